The molecule has 2 bridgehead atoms. The maximum Gasteiger partial charge on any atom is 0.408 e. The van der Waals surface area contributed by atoms with Crippen LogP contribution in [0.15, 0.2) is 65.6 Å². The lowest BCUT2D eigenvalue weighted by atomic mass is 9.96. The van der Waals surface area contributed by atoms with E-state index in [1.807, 2.05) is 56.3 Å². The zero-order chi connectivity index (χ0) is 28.9. The molecule has 0 saturated heterocycles. The van der Waals surface area contributed by atoms with Gasteiger partial charge in [0.15, 0.2) is 0 Å². The van der Waals surface area contributed by atoms with Gasteiger partial charge >= 0.3 is 12.1 Å². The Morgan fingerprint density at radius 3 is 2.55 bits per heavy atom. The third-order valence-corrected chi connectivity index (χ3v) is 6.47. The highest BCUT2D eigenvalue weighted by molar-refractivity contribution is 5.97. The summed E-state index contributed by atoms with van der Waals surface area (Å²) < 4.78 is 16.1. The van der Waals surface area contributed by atoms with Gasteiger partial charge in [-0.05, 0) is 49.7 Å². The van der Waals surface area contributed by atoms with Gasteiger partial charge in [0.25, 0.3) is 0 Å². The van der Waals surface area contributed by atoms with Crippen molar-refractivity contribution in [3.05, 3.63) is 71.2 Å². The number of amides is 3. The SMILES string of the molecule is COC(=O)/C1=C\CCCOC2=CC=C(CC2)C[C@H](NC(=O)OCc2ccccc2)C(=O)N[C@@H](CC(C)C)C(=O)N1. The number of esters is 1. The van der Waals surface area contributed by atoms with Crippen LogP contribution < -0.4 is 16.0 Å². The Balaban J connectivity index is 1.84. The van der Waals surface area contributed by atoms with Gasteiger partial charge in [0.05, 0.1) is 19.5 Å². The van der Waals surface area contributed by atoms with Crippen molar-refractivity contribution in [1.82, 2.24) is 16.0 Å². The first-order chi connectivity index (χ1) is 19.2. The normalized spacial score (nSPS) is 21.9. The van der Waals surface area contributed by atoms with E-state index in [2.05, 4.69) is 16.0 Å². The van der Waals surface area contributed by atoms with E-state index in [0.717, 1.165) is 16.9 Å². The fourth-order valence-corrected chi connectivity index (χ4v) is 4.35. The highest BCUT2D eigenvalue weighted by atomic mass is 16.5. The number of carbonyl (C=O) groups is 4. The number of fused-ring (bicyclic) bond motifs is 13. The zero-order valence-corrected chi connectivity index (χ0v) is 23.4. The van der Waals surface area contributed by atoms with E-state index in [1.165, 1.54) is 7.11 Å². The van der Waals surface area contributed by atoms with Gasteiger partial charge in [0, 0.05) is 6.42 Å². The highest BCUT2D eigenvalue weighted by Gasteiger charge is 2.30. The summed E-state index contributed by atoms with van der Waals surface area (Å²) in [5.74, 6) is -0.882. The largest absolute Gasteiger partial charge is 0.498 e. The van der Waals surface area contributed by atoms with E-state index in [1.54, 1.807) is 6.08 Å². The minimum atomic E-state index is -0.987. The average Bonchev–Trinajstić information content (AvgIpc) is 2.94. The number of rotatable bonds is 6. The maximum atomic E-state index is 13.5. The molecule has 0 saturated carbocycles. The summed E-state index contributed by atoms with van der Waals surface area (Å²) in [6, 6.07) is 7.28. The van der Waals surface area contributed by atoms with E-state index in [-0.39, 0.29) is 24.6 Å². The standard InChI is InChI=1S/C30H39N3O7/c1-20(2)17-25-27(34)31-24(29(36)38-3)11-7-8-16-39-23-14-12-21(13-15-23)18-26(28(35)32-25)33-30(37)40-19-22-9-5-4-6-10-22/h4-6,9-12,14,20,25-26H,7-8,13,15-19H2,1-3H3,(H,31,34)(H,32,35)(H,33,37)/b24-11+/t25-,26-/m0/s1. The highest BCUT2D eigenvalue weighted by Crippen LogP contribution is 2.23. The second kappa shape index (κ2) is 15.5. The van der Waals surface area contributed by atoms with Crippen LogP contribution >= 0.6 is 0 Å². The number of hydrogen-bond acceptors (Lipinski definition) is 7. The molecule has 0 unspecified atom stereocenters. The predicted octanol–water partition coefficient (Wildman–Crippen LogP) is 3.79. The van der Waals surface area contributed by atoms with Gasteiger partial charge in [-0.25, -0.2) is 9.59 Å². The van der Waals surface area contributed by atoms with Gasteiger partial charge in [-0.3, -0.25) is 9.59 Å². The van der Waals surface area contributed by atoms with E-state index in [9.17, 15) is 19.2 Å². The fourth-order valence-electron chi connectivity index (χ4n) is 4.35. The van der Waals surface area contributed by atoms with Crippen LogP contribution in [0, 0.1) is 5.92 Å². The van der Waals surface area contributed by atoms with Crippen LogP contribution in [-0.2, 0) is 35.2 Å². The van der Waals surface area contributed by atoms with Gasteiger partial charge in [0.2, 0.25) is 11.8 Å². The summed E-state index contributed by atoms with van der Waals surface area (Å²) in [6.45, 7) is 4.34. The van der Waals surface area contributed by atoms with Gasteiger partial charge < -0.3 is 30.2 Å². The first kappa shape index (κ1) is 30.5. The summed E-state index contributed by atoms with van der Waals surface area (Å²) >= 11 is 0. The van der Waals surface area contributed by atoms with Crippen molar-refractivity contribution in [2.45, 2.75) is 71.1 Å². The molecule has 3 N–H and O–H groups in total. The molecule has 1 aromatic carbocycles. The molecule has 0 aromatic heterocycles. The molecule has 216 valence electrons. The van der Waals surface area contributed by atoms with Crippen molar-refractivity contribution >= 4 is 23.9 Å². The molecule has 2 heterocycles. The molecule has 0 fully saturated rings. The van der Waals surface area contributed by atoms with Gasteiger partial charge in [-0.15, -0.1) is 0 Å². The molecule has 3 amide bonds. The van der Waals surface area contributed by atoms with E-state index < -0.39 is 36.0 Å². The maximum absolute atomic E-state index is 13.5. The summed E-state index contributed by atoms with van der Waals surface area (Å²) in [6.07, 6.45) is 7.64. The lowest BCUT2D eigenvalue weighted by Gasteiger charge is -2.25. The second-order valence-corrected chi connectivity index (χ2v) is 10.2. The lowest BCUT2D eigenvalue weighted by Crippen LogP contribution is -2.54. The molecule has 0 radical (unpaired) electrons. The van der Waals surface area contributed by atoms with Gasteiger partial charge in [0.1, 0.15) is 24.4 Å². The van der Waals surface area contributed by atoms with Crippen molar-refractivity contribution in [2.24, 2.45) is 5.92 Å². The smallest absolute Gasteiger partial charge is 0.408 e. The Bertz CT molecular complexity index is 1140. The summed E-state index contributed by atoms with van der Waals surface area (Å²) in [7, 11) is 1.23. The third-order valence-electron chi connectivity index (χ3n) is 6.47. The Kier molecular flexibility index (Phi) is 11.8. The summed E-state index contributed by atoms with van der Waals surface area (Å²) in [4.78, 5) is 51.8. The van der Waals surface area contributed by atoms with Crippen molar-refractivity contribution < 1.29 is 33.4 Å². The minimum absolute atomic E-state index is 0.00280. The average molecular weight is 554 g/mol. The van der Waals surface area contributed by atoms with E-state index in [0.29, 0.717) is 38.7 Å². The molecule has 40 heavy (non-hydrogen) atoms. The number of ether oxygens (including phenoxy) is 3. The number of methoxy groups -OCH3 is 1. The van der Waals surface area contributed by atoms with E-state index >= 15 is 0 Å². The molecule has 2 aliphatic heterocycles. The first-order valence-corrected chi connectivity index (χ1v) is 13.6. The zero-order valence-electron chi connectivity index (χ0n) is 23.4. The quantitative estimate of drug-likeness (QED) is 0.457. The number of allylic oxidation sites excluding steroid dienone is 4. The van der Waals surface area contributed by atoms with Crippen LogP contribution in [0.25, 0.3) is 0 Å². The predicted molar refractivity (Wildman–Crippen MR) is 148 cm³/mol. The summed E-state index contributed by atoms with van der Waals surface area (Å²) in [5, 5.41) is 8.08. The Morgan fingerprint density at radius 1 is 1.10 bits per heavy atom. The Labute approximate surface area is 235 Å². The van der Waals surface area contributed by atoms with Gasteiger partial charge in [-0.1, -0.05) is 61.9 Å². The van der Waals surface area contributed by atoms with Crippen molar-refractivity contribution in [3.63, 3.8) is 0 Å². The molecule has 10 nitrogen and oxygen atoms in total. The molecule has 2 atom stereocenters. The molecule has 0 spiro atoms. The van der Waals surface area contributed by atoms with Crippen LogP contribution in [0.4, 0.5) is 4.79 Å². The third kappa shape index (κ3) is 9.91. The number of nitrogens with one attached hydrogen (secondary N) is 3. The molecular formula is C30H39N3O7. The summed E-state index contributed by atoms with van der Waals surface area (Å²) in [5.41, 5.74) is 1.77. The van der Waals surface area contributed by atoms with Crippen LogP contribution in [-0.4, -0.2) is 49.7 Å². The molecule has 1 aromatic rings. The van der Waals surface area contributed by atoms with Crippen LogP contribution in [0.3, 0.4) is 0 Å². The molecule has 3 aliphatic rings. The Morgan fingerprint density at radius 2 is 1.88 bits per heavy atom. The van der Waals surface area contributed by atoms with Crippen molar-refractivity contribution in [1.29, 1.82) is 0 Å². The topological polar surface area (TPSA) is 132 Å². The lowest BCUT2D eigenvalue weighted by molar-refractivity contribution is -0.138. The number of hydrogen-bond donors (Lipinski definition) is 3. The monoisotopic (exact) mass is 553 g/mol. The number of benzene rings is 1. The van der Waals surface area contributed by atoms with Crippen molar-refractivity contribution in [2.75, 3.05) is 13.7 Å². The Hall–Kier alpha value is -4.08. The molecule has 4 rings (SSSR count). The van der Waals surface area contributed by atoms with Crippen LogP contribution in [0.1, 0.15) is 57.9 Å². The molecule has 10 heteroatoms. The van der Waals surface area contributed by atoms with Crippen LogP contribution in [0.2, 0.25) is 0 Å². The van der Waals surface area contributed by atoms with E-state index in [4.69, 9.17) is 14.2 Å². The fraction of sp³-hybridized carbons (Fsp3) is 0.467. The molecule has 1 aliphatic carbocycles. The van der Waals surface area contributed by atoms with Crippen molar-refractivity contribution in [3.8, 4) is 0 Å². The molecular weight excluding hydrogens is 514 g/mol. The number of alkyl carbamates (subject to hydrolysis) is 1. The second-order valence-electron chi connectivity index (χ2n) is 10.2. The first-order valence-electron chi connectivity index (χ1n) is 13.6. The van der Waals surface area contributed by atoms with Gasteiger partial charge in [-0.2, -0.15) is 0 Å². The van der Waals surface area contributed by atoms with Crippen LogP contribution in [0.5, 0.6) is 0 Å². The number of carbonyl (C=O) groups excluding carboxylic acids is 4. The minimum Gasteiger partial charge on any atom is -0.498 e.